The fourth-order valence-corrected chi connectivity index (χ4v) is 1.67. The van der Waals surface area contributed by atoms with Gasteiger partial charge < -0.3 is 9.47 Å². The van der Waals surface area contributed by atoms with Gasteiger partial charge in [-0.3, -0.25) is 10.1 Å². The predicted octanol–water partition coefficient (Wildman–Crippen LogP) is 1.47. The van der Waals surface area contributed by atoms with Gasteiger partial charge in [-0.25, -0.2) is 9.67 Å². The minimum atomic E-state index is -0.452. The second-order valence-electron chi connectivity index (χ2n) is 4.00. The maximum atomic E-state index is 10.7. The van der Waals surface area contributed by atoms with Crippen molar-refractivity contribution in [1.82, 2.24) is 14.8 Å². The number of non-ortho nitro benzene ring substituents is 1. The lowest BCUT2D eigenvalue weighted by atomic mass is 10.2. The van der Waals surface area contributed by atoms with Crippen LogP contribution in [0.3, 0.4) is 0 Å². The SMILES string of the molecule is COC(Cn1cnc(-c2cccc([N+](=O)[O-])c2)n1)OC. The van der Waals surface area contributed by atoms with Crippen molar-refractivity contribution in [2.75, 3.05) is 14.2 Å². The number of hydrogen-bond donors (Lipinski definition) is 0. The standard InChI is InChI=1S/C12H14N4O4/c1-19-11(20-2)7-15-8-13-12(14-15)9-4-3-5-10(6-9)16(17)18/h3-6,8,11H,7H2,1-2H3. The maximum Gasteiger partial charge on any atom is 0.270 e. The van der Waals surface area contributed by atoms with E-state index in [1.165, 1.54) is 32.7 Å². The lowest BCUT2D eigenvalue weighted by Crippen LogP contribution is -2.20. The van der Waals surface area contributed by atoms with Gasteiger partial charge in [-0.2, -0.15) is 5.10 Å². The summed E-state index contributed by atoms with van der Waals surface area (Å²) in [6.45, 7) is 0.384. The molecule has 2 aromatic rings. The monoisotopic (exact) mass is 278 g/mol. The average Bonchev–Trinajstić information content (AvgIpc) is 2.93. The van der Waals surface area contributed by atoms with Crippen molar-refractivity contribution in [3.63, 3.8) is 0 Å². The molecule has 20 heavy (non-hydrogen) atoms. The lowest BCUT2D eigenvalue weighted by molar-refractivity contribution is -0.384. The van der Waals surface area contributed by atoms with Crippen LogP contribution >= 0.6 is 0 Å². The van der Waals surface area contributed by atoms with Crippen LogP contribution in [0.25, 0.3) is 11.4 Å². The van der Waals surface area contributed by atoms with Gasteiger partial charge in [0.15, 0.2) is 12.1 Å². The first-order chi connectivity index (χ1) is 9.63. The molecule has 0 amide bonds. The van der Waals surface area contributed by atoms with E-state index in [9.17, 15) is 10.1 Å². The van der Waals surface area contributed by atoms with E-state index >= 15 is 0 Å². The predicted molar refractivity (Wildman–Crippen MR) is 69.9 cm³/mol. The van der Waals surface area contributed by atoms with Crippen LogP contribution in [0, 0.1) is 10.1 Å². The third-order valence-corrected chi connectivity index (χ3v) is 2.71. The number of methoxy groups -OCH3 is 2. The largest absolute Gasteiger partial charge is 0.354 e. The van der Waals surface area contributed by atoms with Gasteiger partial charge in [0, 0.05) is 31.9 Å². The highest BCUT2D eigenvalue weighted by molar-refractivity contribution is 5.58. The fourth-order valence-electron chi connectivity index (χ4n) is 1.67. The summed E-state index contributed by atoms with van der Waals surface area (Å²) in [5.74, 6) is 0.416. The van der Waals surface area contributed by atoms with Gasteiger partial charge in [-0.1, -0.05) is 12.1 Å². The third kappa shape index (κ3) is 3.16. The van der Waals surface area contributed by atoms with Crippen molar-refractivity contribution in [1.29, 1.82) is 0 Å². The number of nitrogens with zero attached hydrogens (tertiary/aromatic N) is 4. The van der Waals surface area contributed by atoms with Gasteiger partial charge in [-0.15, -0.1) is 0 Å². The number of nitro groups is 1. The summed E-state index contributed by atoms with van der Waals surface area (Å²) < 4.78 is 11.7. The Morgan fingerprint density at radius 3 is 2.80 bits per heavy atom. The number of nitro benzene ring substituents is 1. The van der Waals surface area contributed by atoms with Crippen LogP contribution in [-0.4, -0.2) is 40.2 Å². The molecule has 0 aliphatic heterocycles. The van der Waals surface area contributed by atoms with E-state index in [1.807, 2.05) is 0 Å². The molecule has 8 nitrogen and oxygen atoms in total. The zero-order chi connectivity index (χ0) is 14.5. The van der Waals surface area contributed by atoms with Crippen molar-refractivity contribution >= 4 is 5.69 Å². The van der Waals surface area contributed by atoms with Gasteiger partial charge in [0.1, 0.15) is 6.33 Å². The molecule has 2 rings (SSSR count). The first-order valence-electron chi connectivity index (χ1n) is 5.84. The molecule has 0 unspecified atom stereocenters. The third-order valence-electron chi connectivity index (χ3n) is 2.71. The summed E-state index contributed by atoms with van der Waals surface area (Å²) >= 11 is 0. The summed E-state index contributed by atoms with van der Waals surface area (Å²) in [4.78, 5) is 14.4. The van der Waals surface area contributed by atoms with E-state index < -0.39 is 11.2 Å². The van der Waals surface area contributed by atoms with Crippen LogP contribution in [0.15, 0.2) is 30.6 Å². The number of hydrogen-bond acceptors (Lipinski definition) is 6. The van der Waals surface area contributed by atoms with E-state index in [0.717, 1.165) is 0 Å². The highest BCUT2D eigenvalue weighted by Gasteiger charge is 2.12. The number of ether oxygens (including phenoxy) is 2. The molecular weight excluding hydrogens is 264 g/mol. The Morgan fingerprint density at radius 1 is 1.40 bits per heavy atom. The number of benzene rings is 1. The Hall–Kier alpha value is -2.32. The van der Waals surface area contributed by atoms with Gasteiger partial charge in [0.25, 0.3) is 5.69 Å². The van der Waals surface area contributed by atoms with Crippen molar-refractivity contribution in [2.24, 2.45) is 0 Å². The van der Waals surface area contributed by atoms with Crippen LogP contribution in [0.4, 0.5) is 5.69 Å². The second-order valence-corrected chi connectivity index (χ2v) is 4.00. The Balaban J connectivity index is 2.20. The molecule has 0 bridgehead atoms. The quantitative estimate of drug-likeness (QED) is 0.451. The smallest absolute Gasteiger partial charge is 0.270 e. The fraction of sp³-hybridized carbons (Fsp3) is 0.333. The molecule has 0 N–H and O–H groups in total. The molecule has 0 radical (unpaired) electrons. The van der Waals surface area contributed by atoms with Gasteiger partial charge in [0.2, 0.25) is 0 Å². The van der Waals surface area contributed by atoms with E-state index in [2.05, 4.69) is 10.1 Å². The first kappa shape index (κ1) is 14.1. The Kier molecular flexibility index (Phi) is 4.38. The minimum Gasteiger partial charge on any atom is -0.354 e. The highest BCUT2D eigenvalue weighted by Crippen LogP contribution is 2.20. The molecule has 0 aliphatic carbocycles. The topological polar surface area (TPSA) is 92.3 Å². The van der Waals surface area contributed by atoms with Crippen molar-refractivity contribution in [3.8, 4) is 11.4 Å². The van der Waals surface area contributed by atoms with Gasteiger partial charge in [-0.05, 0) is 0 Å². The summed E-state index contributed by atoms with van der Waals surface area (Å²) in [6, 6.07) is 6.17. The average molecular weight is 278 g/mol. The zero-order valence-corrected chi connectivity index (χ0v) is 11.1. The van der Waals surface area contributed by atoms with Crippen LogP contribution in [-0.2, 0) is 16.0 Å². The molecule has 0 saturated carbocycles. The number of aromatic nitrogens is 3. The van der Waals surface area contributed by atoms with Crippen LogP contribution in [0.2, 0.25) is 0 Å². The van der Waals surface area contributed by atoms with Gasteiger partial charge >= 0.3 is 0 Å². The lowest BCUT2D eigenvalue weighted by Gasteiger charge is -2.12. The number of rotatable bonds is 6. The minimum absolute atomic E-state index is 0.00510. The van der Waals surface area contributed by atoms with Gasteiger partial charge in [0.05, 0.1) is 11.5 Å². The van der Waals surface area contributed by atoms with Crippen LogP contribution < -0.4 is 0 Å². The molecule has 8 heteroatoms. The Labute approximate surface area is 115 Å². The van der Waals surface area contributed by atoms with Crippen LogP contribution in [0.1, 0.15) is 0 Å². The van der Waals surface area contributed by atoms with E-state index in [0.29, 0.717) is 17.9 Å². The molecule has 0 saturated heterocycles. The van der Waals surface area contributed by atoms with Crippen LogP contribution in [0.5, 0.6) is 0 Å². The molecule has 1 aromatic carbocycles. The molecule has 0 fully saturated rings. The summed E-state index contributed by atoms with van der Waals surface area (Å²) in [6.07, 6.45) is 1.11. The normalized spacial score (nSPS) is 10.9. The molecule has 0 atom stereocenters. The maximum absolute atomic E-state index is 10.7. The Bertz CT molecular complexity index is 595. The molecule has 0 aliphatic rings. The van der Waals surface area contributed by atoms with E-state index in [4.69, 9.17) is 9.47 Å². The highest BCUT2D eigenvalue weighted by atomic mass is 16.7. The summed E-state index contributed by atoms with van der Waals surface area (Å²) in [5, 5.41) is 15.0. The van der Waals surface area contributed by atoms with E-state index in [-0.39, 0.29) is 5.69 Å². The van der Waals surface area contributed by atoms with Crippen molar-refractivity contribution in [2.45, 2.75) is 12.8 Å². The van der Waals surface area contributed by atoms with Crippen molar-refractivity contribution in [3.05, 3.63) is 40.7 Å². The molecule has 106 valence electrons. The second kappa shape index (κ2) is 6.22. The molecular formula is C12H14N4O4. The molecule has 1 aromatic heterocycles. The van der Waals surface area contributed by atoms with E-state index in [1.54, 1.807) is 16.8 Å². The summed E-state index contributed by atoms with van der Waals surface area (Å²) in [7, 11) is 3.07. The Morgan fingerprint density at radius 2 is 2.15 bits per heavy atom. The van der Waals surface area contributed by atoms with Crippen molar-refractivity contribution < 1.29 is 14.4 Å². The zero-order valence-electron chi connectivity index (χ0n) is 11.1. The molecule has 1 heterocycles. The molecule has 0 spiro atoms. The first-order valence-corrected chi connectivity index (χ1v) is 5.84. The summed E-state index contributed by atoms with van der Waals surface area (Å²) in [5.41, 5.74) is 0.592.